The van der Waals surface area contributed by atoms with Crippen LogP contribution in [0.5, 0.6) is 5.75 Å². The zero-order chi connectivity index (χ0) is 13.1. The van der Waals surface area contributed by atoms with Gasteiger partial charge in [0.25, 0.3) is 0 Å². The van der Waals surface area contributed by atoms with E-state index in [1.165, 1.54) is 32.4 Å². The summed E-state index contributed by atoms with van der Waals surface area (Å²) in [5, 5.41) is 8.76. The number of methoxy groups -OCH3 is 1. The summed E-state index contributed by atoms with van der Waals surface area (Å²) in [5.41, 5.74) is 5.97. The fraction of sp³-hybridized carbons (Fsp3) is 0.400. The van der Waals surface area contributed by atoms with E-state index in [0.717, 1.165) is 4.31 Å². The smallest absolute Gasteiger partial charge is 0.246 e. The summed E-state index contributed by atoms with van der Waals surface area (Å²) >= 11 is 0. The molecule has 0 saturated carbocycles. The van der Waals surface area contributed by atoms with Crippen LogP contribution in [0.3, 0.4) is 0 Å². The number of aliphatic hydroxyl groups excluding tert-OH is 1. The lowest BCUT2D eigenvalue weighted by Crippen LogP contribution is -2.29. The number of sulfonamides is 1. The Hall–Kier alpha value is -1.31. The van der Waals surface area contributed by atoms with Gasteiger partial charge in [0.1, 0.15) is 10.6 Å². The Morgan fingerprint density at radius 2 is 2.12 bits per heavy atom. The van der Waals surface area contributed by atoms with Crippen LogP contribution in [0.1, 0.15) is 0 Å². The molecular formula is C10H16N2O4S. The highest BCUT2D eigenvalue weighted by Gasteiger charge is 2.24. The van der Waals surface area contributed by atoms with E-state index >= 15 is 0 Å². The minimum Gasteiger partial charge on any atom is -0.495 e. The van der Waals surface area contributed by atoms with E-state index in [1.807, 2.05) is 0 Å². The molecule has 7 heteroatoms. The molecule has 0 saturated heterocycles. The number of ether oxygens (including phenoxy) is 1. The predicted octanol–water partition coefficient (Wildman–Crippen LogP) is -0.110. The van der Waals surface area contributed by atoms with Crippen LogP contribution in [0.25, 0.3) is 0 Å². The quantitative estimate of drug-likeness (QED) is 0.721. The molecule has 1 aromatic carbocycles. The molecule has 0 atom stereocenters. The molecule has 0 bridgehead atoms. The van der Waals surface area contributed by atoms with Crippen molar-refractivity contribution in [1.29, 1.82) is 0 Å². The first-order chi connectivity index (χ1) is 7.93. The standard InChI is InChI=1S/C10H16N2O4S/c1-12(5-6-13)17(14,15)10-4-3-8(11)7-9(10)16-2/h3-4,7,13H,5-6,11H2,1-2H3. The third kappa shape index (κ3) is 2.87. The number of rotatable bonds is 5. The minimum absolute atomic E-state index is 0.0237. The maximum atomic E-state index is 12.1. The zero-order valence-electron chi connectivity index (χ0n) is 9.75. The van der Waals surface area contributed by atoms with Gasteiger partial charge in [-0.05, 0) is 12.1 Å². The van der Waals surface area contributed by atoms with E-state index in [-0.39, 0.29) is 23.8 Å². The van der Waals surface area contributed by atoms with Gasteiger partial charge in [0.15, 0.2) is 0 Å². The molecule has 3 N–H and O–H groups in total. The molecule has 0 aliphatic heterocycles. The van der Waals surface area contributed by atoms with Gasteiger partial charge in [-0.25, -0.2) is 8.42 Å². The van der Waals surface area contributed by atoms with Crippen LogP contribution >= 0.6 is 0 Å². The van der Waals surface area contributed by atoms with E-state index in [2.05, 4.69) is 0 Å². The highest BCUT2D eigenvalue weighted by Crippen LogP contribution is 2.27. The molecule has 17 heavy (non-hydrogen) atoms. The second kappa shape index (κ2) is 5.35. The van der Waals surface area contributed by atoms with Gasteiger partial charge in [0, 0.05) is 25.3 Å². The SMILES string of the molecule is COc1cc(N)ccc1S(=O)(=O)N(C)CCO. The van der Waals surface area contributed by atoms with Crippen molar-refractivity contribution >= 4 is 15.7 Å². The number of nitrogen functional groups attached to an aromatic ring is 1. The van der Waals surface area contributed by atoms with Gasteiger partial charge in [-0.3, -0.25) is 0 Å². The van der Waals surface area contributed by atoms with Crippen molar-refractivity contribution in [2.45, 2.75) is 4.90 Å². The highest BCUT2D eigenvalue weighted by atomic mass is 32.2. The van der Waals surface area contributed by atoms with Crippen molar-refractivity contribution in [1.82, 2.24) is 4.31 Å². The first-order valence-corrected chi connectivity index (χ1v) is 6.38. The molecule has 6 nitrogen and oxygen atoms in total. The van der Waals surface area contributed by atoms with E-state index < -0.39 is 10.0 Å². The van der Waals surface area contributed by atoms with Gasteiger partial charge < -0.3 is 15.6 Å². The molecule has 0 spiro atoms. The summed E-state index contributed by atoms with van der Waals surface area (Å²) in [6, 6.07) is 4.32. The molecule has 96 valence electrons. The Morgan fingerprint density at radius 3 is 2.65 bits per heavy atom. The Balaban J connectivity index is 3.23. The molecule has 0 unspecified atom stereocenters. The zero-order valence-corrected chi connectivity index (χ0v) is 10.6. The van der Waals surface area contributed by atoms with E-state index in [0.29, 0.717) is 5.69 Å². The van der Waals surface area contributed by atoms with Crippen LogP contribution < -0.4 is 10.5 Å². The van der Waals surface area contributed by atoms with E-state index in [4.69, 9.17) is 15.6 Å². The van der Waals surface area contributed by atoms with Crippen LogP contribution in [0.2, 0.25) is 0 Å². The number of aliphatic hydroxyl groups is 1. The van der Waals surface area contributed by atoms with Crippen LogP contribution in [-0.4, -0.2) is 45.1 Å². The lowest BCUT2D eigenvalue weighted by Gasteiger charge is -2.17. The molecule has 0 aliphatic rings. The lowest BCUT2D eigenvalue weighted by atomic mass is 10.3. The fourth-order valence-corrected chi connectivity index (χ4v) is 2.62. The number of likely N-dealkylation sites (N-methyl/N-ethyl adjacent to an activating group) is 1. The van der Waals surface area contributed by atoms with Crippen LogP contribution in [-0.2, 0) is 10.0 Å². The summed E-state index contributed by atoms with van der Waals surface area (Å²) in [6.45, 7) is -0.219. The third-order valence-corrected chi connectivity index (χ3v) is 4.19. The second-order valence-electron chi connectivity index (χ2n) is 3.46. The van der Waals surface area contributed by atoms with Crippen molar-refractivity contribution in [2.24, 2.45) is 0 Å². The van der Waals surface area contributed by atoms with E-state index in [9.17, 15) is 8.42 Å². The maximum absolute atomic E-state index is 12.1. The molecule has 1 aromatic rings. The molecular weight excluding hydrogens is 244 g/mol. The topological polar surface area (TPSA) is 92.9 Å². The molecule has 1 rings (SSSR count). The number of hydrogen-bond donors (Lipinski definition) is 2. The first-order valence-electron chi connectivity index (χ1n) is 4.94. The van der Waals surface area contributed by atoms with Crippen molar-refractivity contribution in [3.63, 3.8) is 0 Å². The van der Waals surface area contributed by atoms with Crippen molar-refractivity contribution in [3.8, 4) is 5.75 Å². The third-order valence-electron chi connectivity index (χ3n) is 2.29. The largest absolute Gasteiger partial charge is 0.495 e. The predicted molar refractivity (Wildman–Crippen MR) is 64.3 cm³/mol. The van der Waals surface area contributed by atoms with E-state index in [1.54, 1.807) is 0 Å². The number of anilines is 1. The highest BCUT2D eigenvalue weighted by molar-refractivity contribution is 7.89. The molecule has 0 fully saturated rings. The fourth-order valence-electron chi connectivity index (χ4n) is 1.33. The molecule has 0 amide bonds. The number of nitrogens with zero attached hydrogens (tertiary/aromatic N) is 1. The summed E-state index contributed by atoms with van der Waals surface area (Å²) in [6.07, 6.45) is 0. The summed E-state index contributed by atoms with van der Waals surface area (Å²) < 4.78 is 30.3. The Labute approximate surface area is 101 Å². The average molecular weight is 260 g/mol. The summed E-state index contributed by atoms with van der Waals surface area (Å²) in [5.74, 6) is 0.190. The maximum Gasteiger partial charge on any atom is 0.246 e. The Bertz CT molecular complexity index is 487. The van der Waals surface area contributed by atoms with Crippen molar-refractivity contribution in [2.75, 3.05) is 33.0 Å². The molecule has 0 heterocycles. The van der Waals surface area contributed by atoms with Crippen LogP contribution in [0.4, 0.5) is 5.69 Å². The van der Waals surface area contributed by atoms with Gasteiger partial charge in [0.05, 0.1) is 13.7 Å². The molecule has 0 aromatic heterocycles. The summed E-state index contributed by atoms with van der Waals surface area (Å²) in [7, 11) is -0.903. The normalized spacial score (nSPS) is 11.8. The van der Waals surface area contributed by atoms with Gasteiger partial charge in [-0.1, -0.05) is 0 Å². The minimum atomic E-state index is -3.67. The monoisotopic (exact) mass is 260 g/mol. The summed E-state index contributed by atoms with van der Waals surface area (Å²) in [4.78, 5) is 0.0325. The van der Waals surface area contributed by atoms with Gasteiger partial charge in [-0.15, -0.1) is 0 Å². The number of nitrogens with two attached hydrogens (primary N) is 1. The average Bonchev–Trinajstić information content (AvgIpc) is 2.28. The Morgan fingerprint density at radius 1 is 1.47 bits per heavy atom. The number of benzene rings is 1. The van der Waals surface area contributed by atoms with Crippen molar-refractivity contribution in [3.05, 3.63) is 18.2 Å². The second-order valence-corrected chi connectivity index (χ2v) is 5.47. The number of hydrogen-bond acceptors (Lipinski definition) is 5. The van der Waals surface area contributed by atoms with Crippen LogP contribution in [0, 0.1) is 0 Å². The van der Waals surface area contributed by atoms with Crippen LogP contribution in [0.15, 0.2) is 23.1 Å². The lowest BCUT2D eigenvalue weighted by molar-refractivity contribution is 0.266. The molecule has 0 radical (unpaired) electrons. The molecule has 0 aliphatic carbocycles. The van der Waals surface area contributed by atoms with Gasteiger partial charge >= 0.3 is 0 Å². The Kier molecular flexibility index (Phi) is 4.33. The van der Waals surface area contributed by atoms with Crippen molar-refractivity contribution < 1.29 is 18.3 Å². The van der Waals surface area contributed by atoms with Gasteiger partial charge in [0.2, 0.25) is 10.0 Å². The first kappa shape index (κ1) is 13.8. The van der Waals surface area contributed by atoms with Gasteiger partial charge in [-0.2, -0.15) is 4.31 Å².